The molecule has 0 saturated carbocycles. The number of allylic oxidation sites excluding steroid dienone is 4. The van der Waals surface area contributed by atoms with Crippen LogP contribution in [-0.2, 0) is 0 Å². The molecule has 68 valence electrons. The molecule has 0 aliphatic heterocycles. The van der Waals surface area contributed by atoms with E-state index in [1.54, 1.807) is 5.57 Å². The molecule has 0 heterocycles. The molecule has 1 heteroatoms. The molecule has 2 aliphatic carbocycles. The number of fused-ring (bicyclic) bond motifs is 1. The third kappa shape index (κ3) is 1.78. The highest BCUT2D eigenvalue weighted by atomic mass is 16.0. The fraction of sp³-hybridized carbons (Fsp3) is 0.636. The SMILES string of the molecule is CC1=CC2C=CCCC2CC1.O. The predicted octanol–water partition coefficient (Wildman–Crippen LogP) is 2.48. The molecule has 0 bridgehead atoms. The fourth-order valence-electron chi connectivity index (χ4n) is 2.27. The summed E-state index contributed by atoms with van der Waals surface area (Å²) >= 11 is 0. The van der Waals surface area contributed by atoms with Crippen LogP contribution < -0.4 is 0 Å². The van der Waals surface area contributed by atoms with Gasteiger partial charge in [-0.15, -0.1) is 0 Å². The second-order valence-electron chi connectivity index (χ2n) is 3.89. The molecular formula is C11H18O. The molecule has 2 aliphatic rings. The van der Waals surface area contributed by atoms with Gasteiger partial charge in [0.15, 0.2) is 0 Å². The van der Waals surface area contributed by atoms with Gasteiger partial charge in [-0.3, -0.25) is 0 Å². The topological polar surface area (TPSA) is 31.5 Å². The molecule has 0 radical (unpaired) electrons. The van der Waals surface area contributed by atoms with E-state index in [9.17, 15) is 0 Å². The highest BCUT2D eigenvalue weighted by Gasteiger charge is 2.22. The van der Waals surface area contributed by atoms with Crippen LogP contribution in [-0.4, -0.2) is 5.48 Å². The van der Waals surface area contributed by atoms with Crippen molar-refractivity contribution < 1.29 is 5.48 Å². The Morgan fingerprint density at radius 3 is 3.00 bits per heavy atom. The summed E-state index contributed by atoms with van der Waals surface area (Å²) in [5, 5.41) is 0. The fourth-order valence-corrected chi connectivity index (χ4v) is 2.27. The molecule has 0 spiro atoms. The van der Waals surface area contributed by atoms with Crippen molar-refractivity contribution in [3.63, 3.8) is 0 Å². The van der Waals surface area contributed by atoms with Gasteiger partial charge in [-0.2, -0.15) is 0 Å². The van der Waals surface area contributed by atoms with Crippen molar-refractivity contribution in [3.05, 3.63) is 23.8 Å². The first kappa shape index (κ1) is 9.53. The van der Waals surface area contributed by atoms with Gasteiger partial charge in [0.2, 0.25) is 0 Å². The Bertz CT molecular complexity index is 203. The maximum Gasteiger partial charge on any atom is -0.00224 e. The maximum atomic E-state index is 2.46. The van der Waals surface area contributed by atoms with Crippen molar-refractivity contribution in [2.24, 2.45) is 11.8 Å². The number of hydrogen-bond acceptors (Lipinski definition) is 0. The van der Waals surface area contributed by atoms with E-state index in [0.29, 0.717) is 0 Å². The van der Waals surface area contributed by atoms with Gasteiger partial charge in [0.1, 0.15) is 0 Å². The molecule has 0 fully saturated rings. The average molecular weight is 166 g/mol. The molecule has 2 atom stereocenters. The zero-order valence-electron chi connectivity index (χ0n) is 7.72. The molecule has 2 unspecified atom stereocenters. The van der Waals surface area contributed by atoms with E-state index in [-0.39, 0.29) is 5.48 Å². The smallest absolute Gasteiger partial charge is 0.00224 e. The van der Waals surface area contributed by atoms with Gasteiger partial charge in [-0.25, -0.2) is 0 Å². The van der Waals surface area contributed by atoms with E-state index < -0.39 is 0 Å². The van der Waals surface area contributed by atoms with E-state index in [0.717, 1.165) is 11.8 Å². The monoisotopic (exact) mass is 166 g/mol. The Morgan fingerprint density at radius 2 is 2.17 bits per heavy atom. The van der Waals surface area contributed by atoms with Crippen LogP contribution in [0.25, 0.3) is 0 Å². The highest BCUT2D eigenvalue weighted by molar-refractivity contribution is 5.14. The summed E-state index contributed by atoms with van der Waals surface area (Å²) in [5.74, 6) is 1.76. The lowest BCUT2D eigenvalue weighted by Gasteiger charge is -2.29. The Labute approximate surface area is 74.5 Å². The number of rotatable bonds is 0. The van der Waals surface area contributed by atoms with E-state index in [2.05, 4.69) is 25.2 Å². The maximum absolute atomic E-state index is 2.46. The minimum absolute atomic E-state index is 0. The van der Waals surface area contributed by atoms with Gasteiger partial charge in [-0.1, -0.05) is 23.8 Å². The highest BCUT2D eigenvalue weighted by Crippen LogP contribution is 2.35. The van der Waals surface area contributed by atoms with Crippen LogP contribution >= 0.6 is 0 Å². The summed E-state index contributed by atoms with van der Waals surface area (Å²) in [6.45, 7) is 2.26. The molecule has 1 nitrogen and oxygen atoms in total. The second-order valence-corrected chi connectivity index (χ2v) is 3.89. The van der Waals surface area contributed by atoms with Crippen LogP contribution in [0.1, 0.15) is 32.6 Å². The Kier molecular flexibility index (Phi) is 3.10. The summed E-state index contributed by atoms with van der Waals surface area (Å²) in [7, 11) is 0. The van der Waals surface area contributed by atoms with Crippen molar-refractivity contribution in [1.29, 1.82) is 0 Å². The molecule has 0 amide bonds. The summed E-state index contributed by atoms with van der Waals surface area (Å²) in [4.78, 5) is 0. The average Bonchev–Trinajstić information content (AvgIpc) is 2.04. The largest absolute Gasteiger partial charge is 0.412 e. The van der Waals surface area contributed by atoms with E-state index in [4.69, 9.17) is 0 Å². The van der Waals surface area contributed by atoms with Gasteiger partial charge < -0.3 is 5.48 Å². The molecule has 12 heavy (non-hydrogen) atoms. The van der Waals surface area contributed by atoms with Crippen molar-refractivity contribution in [3.8, 4) is 0 Å². The van der Waals surface area contributed by atoms with Crippen molar-refractivity contribution >= 4 is 0 Å². The van der Waals surface area contributed by atoms with Crippen LogP contribution in [0.2, 0.25) is 0 Å². The molecule has 2 rings (SSSR count). The molecule has 0 saturated heterocycles. The normalized spacial score (nSPS) is 33.2. The molecule has 0 aromatic rings. The van der Waals surface area contributed by atoms with Crippen LogP contribution in [0.3, 0.4) is 0 Å². The van der Waals surface area contributed by atoms with Gasteiger partial charge in [0.25, 0.3) is 0 Å². The third-order valence-corrected chi connectivity index (χ3v) is 2.99. The Morgan fingerprint density at radius 1 is 1.33 bits per heavy atom. The zero-order valence-corrected chi connectivity index (χ0v) is 7.72. The van der Waals surface area contributed by atoms with Gasteiger partial charge >= 0.3 is 0 Å². The summed E-state index contributed by atoms with van der Waals surface area (Å²) < 4.78 is 0. The van der Waals surface area contributed by atoms with Crippen molar-refractivity contribution in [2.75, 3.05) is 0 Å². The Hall–Kier alpha value is -0.560. The van der Waals surface area contributed by atoms with Gasteiger partial charge in [-0.05, 0) is 44.4 Å². The first-order chi connectivity index (χ1) is 5.36. The lowest BCUT2D eigenvalue weighted by molar-refractivity contribution is 0.362. The third-order valence-electron chi connectivity index (χ3n) is 2.99. The first-order valence-electron chi connectivity index (χ1n) is 4.70. The standard InChI is InChI=1S/C11H16.H2O/c1-9-6-7-10-4-2-3-5-11(10)8-9;/h3,5,8,10-11H,2,4,6-7H2,1H3;1H2. The second kappa shape index (κ2) is 3.90. The quantitative estimate of drug-likeness (QED) is 0.495. The lowest BCUT2D eigenvalue weighted by atomic mass is 9.76. The van der Waals surface area contributed by atoms with E-state index >= 15 is 0 Å². The van der Waals surface area contributed by atoms with Gasteiger partial charge in [0.05, 0.1) is 0 Å². The van der Waals surface area contributed by atoms with Crippen molar-refractivity contribution in [2.45, 2.75) is 32.6 Å². The summed E-state index contributed by atoms with van der Waals surface area (Å²) in [5.41, 5.74) is 1.60. The van der Waals surface area contributed by atoms with Crippen LogP contribution in [0, 0.1) is 11.8 Å². The zero-order chi connectivity index (χ0) is 7.68. The van der Waals surface area contributed by atoms with Crippen LogP contribution in [0.4, 0.5) is 0 Å². The predicted molar refractivity (Wildman–Crippen MR) is 52.0 cm³/mol. The summed E-state index contributed by atoms with van der Waals surface area (Å²) in [6.07, 6.45) is 12.7. The molecule has 0 aromatic carbocycles. The van der Waals surface area contributed by atoms with Crippen LogP contribution in [0.5, 0.6) is 0 Å². The number of hydrogen-bond donors (Lipinski definition) is 0. The lowest BCUT2D eigenvalue weighted by Crippen LogP contribution is -2.17. The molecule has 2 N–H and O–H groups in total. The molecular weight excluding hydrogens is 148 g/mol. The van der Waals surface area contributed by atoms with Crippen LogP contribution in [0.15, 0.2) is 23.8 Å². The van der Waals surface area contributed by atoms with Crippen molar-refractivity contribution in [1.82, 2.24) is 0 Å². The first-order valence-corrected chi connectivity index (χ1v) is 4.70. The minimum atomic E-state index is 0. The minimum Gasteiger partial charge on any atom is -0.412 e. The molecule has 0 aromatic heterocycles. The summed E-state index contributed by atoms with van der Waals surface area (Å²) in [6, 6.07) is 0. The van der Waals surface area contributed by atoms with E-state index in [1.165, 1.54) is 25.7 Å². The van der Waals surface area contributed by atoms with E-state index in [1.807, 2.05) is 0 Å². The van der Waals surface area contributed by atoms with Gasteiger partial charge in [0, 0.05) is 0 Å². The Balaban J connectivity index is 0.000000720.